The topological polar surface area (TPSA) is 55.1 Å². The van der Waals surface area contributed by atoms with Crippen molar-refractivity contribution in [1.29, 1.82) is 0 Å². The lowest BCUT2D eigenvalue weighted by Gasteiger charge is -2.11. The van der Waals surface area contributed by atoms with Crippen molar-refractivity contribution >= 4 is 17.3 Å². The Bertz CT molecular complexity index is 323. The van der Waals surface area contributed by atoms with Gasteiger partial charge in [-0.15, -0.1) is 0 Å². The normalized spacial score (nSPS) is 12.1. The Balaban J connectivity index is 2.70. The molecule has 3 heteroatoms. The van der Waals surface area contributed by atoms with Crippen molar-refractivity contribution in [3.63, 3.8) is 0 Å². The lowest BCUT2D eigenvalue weighted by molar-refractivity contribution is -0.119. The van der Waals surface area contributed by atoms with Crippen LogP contribution in [0.3, 0.4) is 0 Å². The third-order valence-corrected chi connectivity index (χ3v) is 2.28. The fourth-order valence-electron chi connectivity index (χ4n) is 1.05. The minimum atomic E-state index is 0.0189. The van der Waals surface area contributed by atoms with Crippen molar-refractivity contribution in [2.24, 2.45) is 5.92 Å². The monoisotopic (exact) mass is 192 g/mol. The number of carbonyl (C=O) groups is 1. The van der Waals surface area contributed by atoms with Gasteiger partial charge in [0, 0.05) is 5.92 Å². The van der Waals surface area contributed by atoms with E-state index >= 15 is 0 Å². The predicted molar refractivity (Wildman–Crippen MR) is 58.9 cm³/mol. The van der Waals surface area contributed by atoms with E-state index in [0.29, 0.717) is 11.4 Å². The lowest BCUT2D eigenvalue weighted by Crippen LogP contribution is -2.20. The van der Waals surface area contributed by atoms with Crippen LogP contribution in [0, 0.1) is 5.92 Å². The number of nitrogen functional groups attached to an aromatic ring is 1. The molecule has 1 rings (SSSR count). The molecule has 0 bridgehead atoms. The number of anilines is 2. The van der Waals surface area contributed by atoms with E-state index in [1.54, 1.807) is 12.1 Å². The Kier molecular flexibility index (Phi) is 3.51. The maximum absolute atomic E-state index is 11.5. The van der Waals surface area contributed by atoms with Gasteiger partial charge in [-0.25, -0.2) is 0 Å². The average Bonchev–Trinajstić information content (AvgIpc) is 2.20. The highest BCUT2D eigenvalue weighted by Crippen LogP contribution is 2.17. The molecule has 1 atom stereocenters. The molecule has 1 aromatic carbocycles. The standard InChI is InChI=1S/C11H16N2O/c1-3-8(2)11(14)13-10-7-5-4-6-9(10)12/h4-8H,3,12H2,1-2H3,(H,13,14)/t8-/m1/s1. The summed E-state index contributed by atoms with van der Waals surface area (Å²) in [5.41, 5.74) is 6.99. The van der Waals surface area contributed by atoms with Gasteiger partial charge in [-0.05, 0) is 18.6 Å². The number of nitrogens with one attached hydrogen (secondary N) is 1. The summed E-state index contributed by atoms with van der Waals surface area (Å²) in [5.74, 6) is 0.0417. The third kappa shape index (κ3) is 2.49. The Morgan fingerprint density at radius 3 is 2.71 bits per heavy atom. The summed E-state index contributed by atoms with van der Waals surface area (Å²) in [6.45, 7) is 3.88. The molecule has 0 saturated carbocycles. The van der Waals surface area contributed by atoms with Crippen LogP contribution >= 0.6 is 0 Å². The summed E-state index contributed by atoms with van der Waals surface area (Å²) in [4.78, 5) is 11.5. The van der Waals surface area contributed by atoms with Gasteiger partial charge in [-0.2, -0.15) is 0 Å². The van der Waals surface area contributed by atoms with Gasteiger partial charge in [-0.1, -0.05) is 26.0 Å². The van der Waals surface area contributed by atoms with Crippen LogP contribution < -0.4 is 11.1 Å². The molecule has 0 fully saturated rings. The van der Waals surface area contributed by atoms with Gasteiger partial charge < -0.3 is 11.1 Å². The maximum Gasteiger partial charge on any atom is 0.227 e. The SMILES string of the molecule is CC[C@@H](C)C(=O)Nc1ccccc1N. The molecule has 0 aliphatic heterocycles. The van der Waals surface area contributed by atoms with Gasteiger partial charge in [0.15, 0.2) is 0 Å². The number of para-hydroxylation sites is 2. The molecule has 0 aromatic heterocycles. The van der Waals surface area contributed by atoms with Gasteiger partial charge in [0.05, 0.1) is 11.4 Å². The van der Waals surface area contributed by atoms with Crippen LogP contribution in [0.5, 0.6) is 0 Å². The van der Waals surface area contributed by atoms with E-state index in [1.807, 2.05) is 26.0 Å². The smallest absolute Gasteiger partial charge is 0.227 e. The first-order valence-electron chi connectivity index (χ1n) is 4.80. The van der Waals surface area contributed by atoms with E-state index in [0.717, 1.165) is 6.42 Å². The van der Waals surface area contributed by atoms with E-state index in [1.165, 1.54) is 0 Å². The molecular formula is C11H16N2O. The van der Waals surface area contributed by atoms with Crippen LogP contribution in [0.2, 0.25) is 0 Å². The van der Waals surface area contributed by atoms with Crippen LogP contribution in [0.4, 0.5) is 11.4 Å². The molecule has 0 saturated heterocycles. The Morgan fingerprint density at radius 2 is 2.14 bits per heavy atom. The van der Waals surface area contributed by atoms with Crippen LogP contribution in [0.15, 0.2) is 24.3 Å². The highest BCUT2D eigenvalue weighted by molar-refractivity contribution is 5.95. The van der Waals surface area contributed by atoms with E-state index in [4.69, 9.17) is 5.73 Å². The Hall–Kier alpha value is -1.51. The molecule has 1 aromatic rings. The molecule has 1 amide bonds. The van der Waals surface area contributed by atoms with Crippen LogP contribution in [0.25, 0.3) is 0 Å². The molecule has 3 nitrogen and oxygen atoms in total. The summed E-state index contributed by atoms with van der Waals surface area (Å²) in [6.07, 6.45) is 0.832. The highest BCUT2D eigenvalue weighted by Gasteiger charge is 2.11. The number of benzene rings is 1. The summed E-state index contributed by atoms with van der Waals surface area (Å²) >= 11 is 0. The Labute approximate surface area is 84.3 Å². The van der Waals surface area contributed by atoms with Crippen molar-refractivity contribution < 1.29 is 4.79 Å². The predicted octanol–water partition coefficient (Wildman–Crippen LogP) is 2.25. The van der Waals surface area contributed by atoms with E-state index in [9.17, 15) is 4.79 Å². The number of hydrogen-bond donors (Lipinski definition) is 2. The molecule has 0 unspecified atom stereocenters. The molecule has 0 radical (unpaired) electrons. The largest absolute Gasteiger partial charge is 0.397 e. The highest BCUT2D eigenvalue weighted by atomic mass is 16.1. The maximum atomic E-state index is 11.5. The number of nitrogens with two attached hydrogens (primary N) is 1. The van der Waals surface area contributed by atoms with Crippen LogP contribution in [0.1, 0.15) is 20.3 Å². The van der Waals surface area contributed by atoms with Crippen molar-refractivity contribution in [3.8, 4) is 0 Å². The quantitative estimate of drug-likeness (QED) is 0.722. The zero-order valence-corrected chi connectivity index (χ0v) is 8.58. The molecular weight excluding hydrogens is 176 g/mol. The molecule has 0 heterocycles. The minimum absolute atomic E-state index is 0.0189. The molecule has 3 N–H and O–H groups in total. The van der Waals surface area contributed by atoms with Crippen molar-refractivity contribution in [3.05, 3.63) is 24.3 Å². The summed E-state index contributed by atoms with van der Waals surface area (Å²) < 4.78 is 0. The number of amides is 1. The second-order valence-corrected chi connectivity index (χ2v) is 3.39. The number of carbonyl (C=O) groups excluding carboxylic acids is 1. The van der Waals surface area contributed by atoms with Crippen molar-refractivity contribution in [2.45, 2.75) is 20.3 Å². The number of rotatable bonds is 3. The van der Waals surface area contributed by atoms with E-state index < -0.39 is 0 Å². The first-order valence-corrected chi connectivity index (χ1v) is 4.80. The van der Waals surface area contributed by atoms with E-state index in [-0.39, 0.29) is 11.8 Å². The zero-order chi connectivity index (χ0) is 10.6. The van der Waals surface area contributed by atoms with Crippen LogP contribution in [-0.4, -0.2) is 5.91 Å². The second-order valence-electron chi connectivity index (χ2n) is 3.39. The summed E-state index contributed by atoms with van der Waals surface area (Å²) in [5, 5.41) is 2.80. The minimum Gasteiger partial charge on any atom is -0.397 e. The van der Waals surface area contributed by atoms with Gasteiger partial charge in [0.2, 0.25) is 5.91 Å². The average molecular weight is 192 g/mol. The van der Waals surface area contributed by atoms with E-state index in [2.05, 4.69) is 5.32 Å². The van der Waals surface area contributed by atoms with Crippen molar-refractivity contribution in [1.82, 2.24) is 0 Å². The van der Waals surface area contributed by atoms with Crippen LogP contribution in [-0.2, 0) is 4.79 Å². The molecule has 0 spiro atoms. The molecule has 0 aliphatic carbocycles. The Morgan fingerprint density at radius 1 is 1.50 bits per heavy atom. The molecule has 14 heavy (non-hydrogen) atoms. The molecule has 76 valence electrons. The summed E-state index contributed by atoms with van der Waals surface area (Å²) in [7, 11) is 0. The molecule has 0 aliphatic rings. The zero-order valence-electron chi connectivity index (χ0n) is 8.58. The summed E-state index contributed by atoms with van der Waals surface area (Å²) in [6, 6.07) is 7.26. The van der Waals surface area contributed by atoms with Gasteiger partial charge in [0.1, 0.15) is 0 Å². The van der Waals surface area contributed by atoms with Gasteiger partial charge in [0.25, 0.3) is 0 Å². The van der Waals surface area contributed by atoms with Gasteiger partial charge >= 0.3 is 0 Å². The third-order valence-electron chi connectivity index (χ3n) is 2.28. The lowest BCUT2D eigenvalue weighted by atomic mass is 10.1. The first-order chi connectivity index (χ1) is 6.65. The first kappa shape index (κ1) is 10.6. The van der Waals surface area contributed by atoms with Gasteiger partial charge in [-0.3, -0.25) is 4.79 Å². The number of hydrogen-bond acceptors (Lipinski definition) is 2. The second kappa shape index (κ2) is 4.65. The van der Waals surface area contributed by atoms with Crippen molar-refractivity contribution in [2.75, 3.05) is 11.1 Å². The fourth-order valence-corrected chi connectivity index (χ4v) is 1.05. The fraction of sp³-hybridized carbons (Fsp3) is 0.364.